The molecule has 4 aromatic rings. The van der Waals surface area contributed by atoms with Gasteiger partial charge in [-0.3, -0.25) is 4.79 Å². The van der Waals surface area contributed by atoms with Crippen molar-refractivity contribution in [1.29, 1.82) is 0 Å². The smallest absolute Gasteiger partial charge is 0.410 e. The lowest BCUT2D eigenvalue weighted by molar-refractivity contribution is 0.0187. The van der Waals surface area contributed by atoms with Gasteiger partial charge in [0.15, 0.2) is 11.5 Å². The lowest BCUT2D eigenvalue weighted by Gasteiger charge is -2.34. The summed E-state index contributed by atoms with van der Waals surface area (Å²) >= 11 is 0. The van der Waals surface area contributed by atoms with Gasteiger partial charge in [0, 0.05) is 43.3 Å². The molecule has 5 rings (SSSR count). The first-order chi connectivity index (χ1) is 17.4. The number of pyridine rings is 2. The average molecular weight is 509 g/mol. The summed E-state index contributed by atoms with van der Waals surface area (Å²) in [4.78, 5) is 31.6. The van der Waals surface area contributed by atoms with Crippen LogP contribution < -0.4 is 5.56 Å². The Balaban J connectivity index is 1.47. The molecule has 7 nitrogen and oxygen atoms in total. The summed E-state index contributed by atoms with van der Waals surface area (Å²) in [5.74, 6) is -1.15. The van der Waals surface area contributed by atoms with Crippen molar-refractivity contribution < 1.29 is 18.3 Å². The normalized spacial score (nSPS) is 15.1. The minimum Gasteiger partial charge on any atom is -0.444 e. The third kappa shape index (κ3) is 4.70. The molecule has 0 atom stereocenters. The number of likely N-dealkylation sites (tertiary alicyclic amines) is 1. The predicted octanol–water partition coefficient (Wildman–Crippen LogP) is 5.78. The highest BCUT2D eigenvalue weighted by Crippen LogP contribution is 2.30. The molecule has 0 N–H and O–H groups in total. The van der Waals surface area contributed by atoms with Crippen molar-refractivity contribution in [2.45, 2.75) is 59.1 Å². The number of benzene rings is 1. The maximum absolute atomic E-state index is 15.5. The molecule has 0 bridgehead atoms. The van der Waals surface area contributed by atoms with Crippen molar-refractivity contribution in [3.63, 3.8) is 0 Å². The molecule has 0 aliphatic carbocycles. The second-order valence-corrected chi connectivity index (χ2v) is 10.8. The molecule has 1 aliphatic rings. The van der Waals surface area contributed by atoms with Crippen LogP contribution in [0.1, 0.15) is 50.9 Å². The summed E-state index contributed by atoms with van der Waals surface area (Å²) in [5, 5.41) is 0.503. The van der Waals surface area contributed by atoms with Gasteiger partial charge in [0.1, 0.15) is 11.4 Å². The molecule has 1 saturated heterocycles. The van der Waals surface area contributed by atoms with E-state index in [-0.39, 0.29) is 23.2 Å². The summed E-state index contributed by atoms with van der Waals surface area (Å²) in [6.45, 7) is 9.98. The zero-order chi connectivity index (χ0) is 26.6. The molecular formula is C28H30F2N4O3. The van der Waals surface area contributed by atoms with Gasteiger partial charge in [-0.15, -0.1) is 0 Å². The fourth-order valence-electron chi connectivity index (χ4n) is 5.03. The Morgan fingerprint density at radius 1 is 1.00 bits per heavy atom. The van der Waals surface area contributed by atoms with Crippen molar-refractivity contribution in [3.8, 4) is 11.1 Å². The van der Waals surface area contributed by atoms with Gasteiger partial charge in [-0.2, -0.15) is 0 Å². The van der Waals surface area contributed by atoms with Gasteiger partial charge < -0.3 is 18.6 Å². The molecule has 1 aromatic carbocycles. The molecule has 3 aromatic heterocycles. The Bertz CT molecular complexity index is 1590. The van der Waals surface area contributed by atoms with E-state index in [2.05, 4.69) is 4.98 Å². The first-order valence-corrected chi connectivity index (χ1v) is 12.4. The van der Waals surface area contributed by atoms with Crippen LogP contribution in [0.15, 0.2) is 41.6 Å². The number of aromatic nitrogens is 3. The molecule has 0 saturated carbocycles. The number of amides is 1. The lowest BCUT2D eigenvalue weighted by Crippen LogP contribution is -2.43. The number of ether oxygens (including phenoxy) is 1. The number of imidazole rings is 1. The predicted molar refractivity (Wildman–Crippen MR) is 138 cm³/mol. The Labute approximate surface area is 213 Å². The van der Waals surface area contributed by atoms with E-state index in [1.54, 1.807) is 45.4 Å². The van der Waals surface area contributed by atoms with Gasteiger partial charge in [-0.05, 0) is 82.2 Å². The van der Waals surface area contributed by atoms with Crippen LogP contribution in [-0.2, 0) is 4.74 Å². The van der Waals surface area contributed by atoms with Gasteiger partial charge in [-0.25, -0.2) is 18.6 Å². The largest absolute Gasteiger partial charge is 0.444 e. The van der Waals surface area contributed by atoms with Crippen molar-refractivity contribution in [3.05, 3.63) is 70.0 Å². The van der Waals surface area contributed by atoms with Gasteiger partial charge in [-0.1, -0.05) is 0 Å². The van der Waals surface area contributed by atoms with Crippen LogP contribution in [0.25, 0.3) is 27.5 Å². The first-order valence-electron chi connectivity index (χ1n) is 12.4. The molecule has 9 heteroatoms. The number of rotatable bonds is 2. The highest BCUT2D eigenvalue weighted by Gasteiger charge is 2.28. The molecule has 1 aliphatic heterocycles. The van der Waals surface area contributed by atoms with E-state index in [1.807, 2.05) is 27.7 Å². The number of nitrogens with zero attached hydrogens (tertiary/aromatic N) is 4. The summed E-state index contributed by atoms with van der Waals surface area (Å²) in [6.07, 6.45) is 5.92. The van der Waals surface area contributed by atoms with Crippen LogP contribution in [-0.4, -0.2) is 43.6 Å². The lowest BCUT2D eigenvalue weighted by atomic mass is 9.99. The molecule has 37 heavy (non-hydrogen) atoms. The summed E-state index contributed by atoms with van der Waals surface area (Å²) in [7, 11) is 0. The van der Waals surface area contributed by atoms with Crippen LogP contribution >= 0.6 is 0 Å². The van der Waals surface area contributed by atoms with Crippen molar-refractivity contribution in [2.24, 2.45) is 0 Å². The topological polar surface area (TPSA) is 68.8 Å². The maximum atomic E-state index is 15.5. The summed E-state index contributed by atoms with van der Waals surface area (Å²) in [5.41, 5.74) is 1.60. The minimum atomic E-state index is -0.650. The third-order valence-corrected chi connectivity index (χ3v) is 6.77. The molecule has 0 spiro atoms. The average Bonchev–Trinajstić information content (AvgIpc) is 3.21. The standard InChI is InChI=1S/C28H30F2N4O3/c1-16-13-34(20-6-8-32(9-7-20)27(36)37-28(3,4)5)26(35)24-21(16)10-18(11-22(24)29)19-12-23(30)25-31-17(2)14-33(25)15-19/h10-15,20H,6-9H2,1-5H3. The van der Waals surface area contributed by atoms with E-state index in [0.29, 0.717) is 48.1 Å². The van der Waals surface area contributed by atoms with Crippen molar-refractivity contribution in [1.82, 2.24) is 18.9 Å². The van der Waals surface area contributed by atoms with Crippen LogP contribution in [0, 0.1) is 25.5 Å². The van der Waals surface area contributed by atoms with Gasteiger partial charge in [0.25, 0.3) is 5.56 Å². The fourth-order valence-corrected chi connectivity index (χ4v) is 5.03. The molecule has 1 fully saturated rings. The third-order valence-electron chi connectivity index (χ3n) is 6.77. The highest BCUT2D eigenvalue weighted by atomic mass is 19.1. The Morgan fingerprint density at radius 2 is 1.68 bits per heavy atom. The van der Waals surface area contributed by atoms with E-state index >= 15 is 4.39 Å². The Hall–Kier alpha value is -3.75. The minimum absolute atomic E-state index is 0.0124. The molecule has 1 amide bonds. The SMILES string of the molecule is Cc1cn2cc(-c3cc(F)c4c(=O)n(C5CCN(C(=O)OC(C)(C)C)CC5)cc(C)c4c3)cc(F)c2n1. The zero-order valence-corrected chi connectivity index (χ0v) is 21.6. The molecule has 194 valence electrons. The highest BCUT2D eigenvalue weighted by molar-refractivity contribution is 5.89. The van der Waals surface area contributed by atoms with Gasteiger partial charge in [0.05, 0.1) is 11.1 Å². The Kier molecular flexibility index (Phi) is 6.04. The summed E-state index contributed by atoms with van der Waals surface area (Å²) in [6, 6.07) is 4.18. The monoisotopic (exact) mass is 508 g/mol. The van der Waals surface area contributed by atoms with Gasteiger partial charge >= 0.3 is 6.09 Å². The summed E-state index contributed by atoms with van der Waals surface area (Å²) < 4.78 is 38.8. The number of halogens is 2. The van der Waals surface area contributed by atoms with Crippen molar-refractivity contribution in [2.75, 3.05) is 13.1 Å². The second kappa shape index (κ2) is 8.97. The number of hydrogen-bond acceptors (Lipinski definition) is 4. The Morgan fingerprint density at radius 3 is 2.35 bits per heavy atom. The molecule has 0 radical (unpaired) electrons. The number of piperidine rings is 1. The van der Waals surface area contributed by atoms with Crippen molar-refractivity contribution >= 4 is 22.5 Å². The zero-order valence-electron chi connectivity index (χ0n) is 21.6. The molecular weight excluding hydrogens is 478 g/mol. The van der Waals surface area contributed by atoms with E-state index in [0.717, 1.165) is 5.56 Å². The fraction of sp³-hybridized carbons (Fsp3) is 0.393. The quantitative estimate of drug-likeness (QED) is 0.344. The number of fused-ring (bicyclic) bond motifs is 2. The van der Waals surface area contributed by atoms with Gasteiger partial charge in [0.2, 0.25) is 0 Å². The van der Waals surface area contributed by atoms with Crippen LogP contribution in [0.5, 0.6) is 0 Å². The number of aryl methyl sites for hydroxylation is 2. The van der Waals surface area contributed by atoms with E-state index in [1.165, 1.54) is 12.1 Å². The van der Waals surface area contributed by atoms with Crippen LogP contribution in [0.2, 0.25) is 0 Å². The van der Waals surface area contributed by atoms with E-state index in [4.69, 9.17) is 4.74 Å². The number of carbonyl (C=O) groups is 1. The second-order valence-electron chi connectivity index (χ2n) is 10.8. The number of hydrogen-bond donors (Lipinski definition) is 0. The number of carbonyl (C=O) groups excluding carboxylic acids is 1. The molecule has 4 heterocycles. The van der Waals surface area contributed by atoms with Crippen LogP contribution in [0.3, 0.4) is 0 Å². The first kappa shape index (κ1) is 24.9. The van der Waals surface area contributed by atoms with Crippen LogP contribution in [0.4, 0.5) is 13.6 Å². The molecule has 0 unspecified atom stereocenters. The van der Waals surface area contributed by atoms with E-state index < -0.39 is 22.8 Å². The van der Waals surface area contributed by atoms with E-state index in [9.17, 15) is 14.0 Å². The maximum Gasteiger partial charge on any atom is 0.410 e.